The van der Waals surface area contributed by atoms with Crippen LogP contribution in [0.15, 0.2) is 24.3 Å². The molecule has 0 spiro atoms. The standard InChI is InChI=1S/C20H22O2/c1-3-5-7-9-15-19(21)17-13-11-12-14-18(17)20(22)16-10-8-6-4-2/h11-14H,3-8H2,1-2H3. The molecule has 0 heterocycles. The van der Waals surface area contributed by atoms with Gasteiger partial charge in [-0.15, -0.1) is 0 Å². The Morgan fingerprint density at radius 1 is 0.818 bits per heavy atom. The summed E-state index contributed by atoms with van der Waals surface area (Å²) >= 11 is 0. The fraction of sp³-hybridized carbons (Fsp3) is 0.400. The molecule has 1 aromatic carbocycles. The van der Waals surface area contributed by atoms with Crippen molar-refractivity contribution in [3.63, 3.8) is 0 Å². The number of benzene rings is 1. The molecule has 0 aromatic heterocycles. The predicted octanol–water partition coefficient (Wildman–Crippen LogP) is 4.44. The Kier molecular flexibility index (Phi) is 8.39. The normalized spacial score (nSPS) is 9.18. The van der Waals surface area contributed by atoms with E-state index in [0.29, 0.717) is 24.0 Å². The SMILES string of the molecule is CCCCC#CC(=O)c1ccccc1C(=O)C#CCCCC. The van der Waals surface area contributed by atoms with Crippen LogP contribution in [0.2, 0.25) is 0 Å². The molecule has 1 rings (SSSR count). The Labute approximate surface area is 133 Å². The zero-order valence-corrected chi connectivity index (χ0v) is 13.4. The first kappa shape index (κ1) is 17.7. The maximum atomic E-state index is 12.1. The number of hydrogen-bond donors (Lipinski definition) is 0. The third-order valence-electron chi connectivity index (χ3n) is 3.13. The van der Waals surface area contributed by atoms with E-state index in [1.807, 2.05) is 0 Å². The van der Waals surface area contributed by atoms with Crippen molar-refractivity contribution in [1.82, 2.24) is 0 Å². The Morgan fingerprint density at radius 2 is 1.23 bits per heavy atom. The third-order valence-corrected chi connectivity index (χ3v) is 3.13. The number of hydrogen-bond acceptors (Lipinski definition) is 2. The highest BCUT2D eigenvalue weighted by Crippen LogP contribution is 2.10. The smallest absolute Gasteiger partial charge is 0.236 e. The predicted molar refractivity (Wildman–Crippen MR) is 89.7 cm³/mol. The van der Waals surface area contributed by atoms with Crippen LogP contribution < -0.4 is 0 Å². The Hall–Kier alpha value is -2.32. The molecule has 22 heavy (non-hydrogen) atoms. The molecule has 114 valence electrons. The van der Waals surface area contributed by atoms with E-state index in [4.69, 9.17) is 0 Å². The number of rotatable bonds is 6. The lowest BCUT2D eigenvalue weighted by molar-refractivity contribution is 0.102. The number of carbonyl (C=O) groups excluding carboxylic acids is 2. The second kappa shape index (κ2) is 10.4. The van der Waals surface area contributed by atoms with Crippen LogP contribution in [0.4, 0.5) is 0 Å². The monoisotopic (exact) mass is 294 g/mol. The molecule has 0 fully saturated rings. The van der Waals surface area contributed by atoms with E-state index in [-0.39, 0.29) is 11.6 Å². The molecule has 0 aliphatic carbocycles. The quantitative estimate of drug-likeness (QED) is 0.336. The van der Waals surface area contributed by atoms with Crippen molar-refractivity contribution >= 4 is 11.6 Å². The molecule has 0 saturated carbocycles. The fourth-order valence-corrected chi connectivity index (χ4v) is 1.83. The lowest BCUT2D eigenvalue weighted by Gasteiger charge is -2.00. The van der Waals surface area contributed by atoms with Gasteiger partial charge in [0.1, 0.15) is 0 Å². The molecule has 0 unspecified atom stereocenters. The van der Waals surface area contributed by atoms with Crippen LogP contribution in [0.1, 0.15) is 73.1 Å². The van der Waals surface area contributed by atoms with Crippen LogP contribution >= 0.6 is 0 Å². The van der Waals surface area contributed by atoms with Gasteiger partial charge in [0.15, 0.2) is 0 Å². The summed E-state index contributed by atoms with van der Waals surface area (Å²) in [6.07, 6.45) is 5.45. The summed E-state index contributed by atoms with van der Waals surface area (Å²) in [6, 6.07) is 6.75. The molecule has 2 heteroatoms. The molecule has 0 aliphatic rings. The third kappa shape index (κ3) is 5.98. The van der Waals surface area contributed by atoms with Crippen LogP contribution in [0.5, 0.6) is 0 Å². The van der Waals surface area contributed by atoms with Gasteiger partial charge in [-0.1, -0.05) is 50.7 Å². The number of Topliss-reactive ketones (excluding diaryl/α,β-unsaturated/α-hetero) is 2. The molecule has 0 aliphatic heterocycles. The van der Waals surface area contributed by atoms with Crippen LogP contribution in [-0.4, -0.2) is 11.6 Å². The van der Waals surface area contributed by atoms with Crippen LogP contribution in [0.3, 0.4) is 0 Å². The highest BCUT2D eigenvalue weighted by atomic mass is 16.1. The summed E-state index contributed by atoms with van der Waals surface area (Å²) in [5.74, 6) is 10.3. The van der Waals surface area contributed by atoms with E-state index >= 15 is 0 Å². The van der Waals surface area contributed by atoms with Gasteiger partial charge in [0.25, 0.3) is 0 Å². The van der Waals surface area contributed by atoms with E-state index in [1.54, 1.807) is 24.3 Å². The molecule has 2 nitrogen and oxygen atoms in total. The van der Waals surface area contributed by atoms with Crippen LogP contribution in [0, 0.1) is 23.7 Å². The summed E-state index contributed by atoms with van der Waals surface area (Å²) in [5.41, 5.74) is 0.697. The van der Waals surface area contributed by atoms with Crippen molar-refractivity contribution < 1.29 is 9.59 Å². The van der Waals surface area contributed by atoms with Gasteiger partial charge in [-0.2, -0.15) is 0 Å². The lowest BCUT2D eigenvalue weighted by Crippen LogP contribution is -2.06. The Morgan fingerprint density at radius 3 is 1.59 bits per heavy atom. The number of carbonyl (C=O) groups is 2. The van der Waals surface area contributed by atoms with Gasteiger partial charge < -0.3 is 0 Å². The summed E-state index contributed by atoms with van der Waals surface area (Å²) < 4.78 is 0. The van der Waals surface area contributed by atoms with Gasteiger partial charge in [0.05, 0.1) is 0 Å². The van der Waals surface area contributed by atoms with Crippen molar-refractivity contribution in [3.05, 3.63) is 35.4 Å². The zero-order chi connectivity index (χ0) is 16.2. The highest BCUT2D eigenvalue weighted by molar-refractivity contribution is 6.19. The molecule has 0 radical (unpaired) electrons. The second-order valence-electron chi connectivity index (χ2n) is 5.01. The van der Waals surface area contributed by atoms with Crippen molar-refractivity contribution in [2.45, 2.75) is 52.4 Å². The minimum Gasteiger partial charge on any atom is -0.279 e. The van der Waals surface area contributed by atoms with E-state index in [0.717, 1.165) is 25.7 Å². The second-order valence-corrected chi connectivity index (χ2v) is 5.01. The van der Waals surface area contributed by atoms with Gasteiger partial charge >= 0.3 is 0 Å². The van der Waals surface area contributed by atoms with E-state index < -0.39 is 0 Å². The van der Waals surface area contributed by atoms with Crippen molar-refractivity contribution in [2.75, 3.05) is 0 Å². The summed E-state index contributed by atoms with van der Waals surface area (Å²) in [4.78, 5) is 24.3. The average Bonchev–Trinajstić information content (AvgIpc) is 2.55. The maximum Gasteiger partial charge on any atom is 0.236 e. The van der Waals surface area contributed by atoms with Crippen molar-refractivity contribution in [3.8, 4) is 23.7 Å². The lowest BCUT2D eigenvalue weighted by atomic mass is 10.00. The fourth-order valence-electron chi connectivity index (χ4n) is 1.83. The minimum absolute atomic E-state index is 0.310. The topological polar surface area (TPSA) is 34.1 Å². The molecular formula is C20H22O2. The van der Waals surface area contributed by atoms with Crippen molar-refractivity contribution in [2.24, 2.45) is 0 Å². The molecule has 0 atom stereocenters. The van der Waals surface area contributed by atoms with Gasteiger partial charge in [-0.3, -0.25) is 9.59 Å². The minimum atomic E-state index is -0.310. The first-order chi connectivity index (χ1) is 10.7. The van der Waals surface area contributed by atoms with E-state index in [1.165, 1.54) is 0 Å². The first-order valence-electron chi connectivity index (χ1n) is 7.86. The molecule has 1 aromatic rings. The molecule has 0 saturated heterocycles. The molecular weight excluding hydrogens is 272 g/mol. The number of unbranched alkanes of at least 4 members (excludes halogenated alkanes) is 4. The van der Waals surface area contributed by atoms with Crippen LogP contribution in [0.25, 0.3) is 0 Å². The largest absolute Gasteiger partial charge is 0.279 e. The Balaban J connectivity index is 2.88. The van der Waals surface area contributed by atoms with Crippen molar-refractivity contribution in [1.29, 1.82) is 0 Å². The molecule has 0 bridgehead atoms. The summed E-state index contributed by atoms with van der Waals surface area (Å²) in [7, 11) is 0. The number of ketones is 2. The Bertz CT molecular complexity index is 576. The van der Waals surface area contributed by atoms with Crippen LogP contribution in [-0.2, 0) is 0 Å². The molecule has 0 amide bonds. The van der Waals surface area contributed by atoms with E-state index in [2.05, 4.69) is 37.5 Å². The highest BCUT2D eigenvalue weighted by Gasteiger charge is 2.13. The van der Waals surface area contributed by atoms with Gasteiger partial charge in [0, 0.05) is 24.0 Å². The first-order valence-corrected chi connectivity index (χ1v) is 7.86. The van der Waals surface area contributed by atoms with Gasteiger partial charge in [0.2, 0.25) is 11.6 Å². The zero-order valence-electron chi connectivity index (χ0n) is 13.4. The van der Waals surface area contributed by atoms with E-state index in [9.17, 15) is 9.59 Å². The summed E-state index contributed by atoms with van der Waals surface area (Å²) in [5, 5.41) is 0. The molecule has 0 N–H and O–H groups in total. The summed E-state index contributed by atoms with van der Waals surface area (Å²) in [6.45, 7) is 4.16. The van der Waals surface area contributed by atoms with Gasteiger partial charge in [-0.05, 0) is 36.8 Å². The maximum absolute atomic E-state index is 12.1. The van der Waals surface area contributed by atoms with Gasteiger partial charge in [-0.25, -0.2) is 0 Å². The average molecular weight is 294 g/mol.